The molecule has 6 heteroatoms. The average molecular weight is 291 g/mol. The number of benzene rings is 1. The monoisotopic (exact) mass is 291 g/mol. The van der Waals surface area contributed by atoms with Gasteiger partial charge in [-0.1, -0.05) is 37.3 Å². The largest absolute Gasteiger partial charge is 0.480 e. The van der Waals surface area contributed by atoms with Crippen LogP contribution < -0.4 is 5.32 Å². The summed E-state index contributed by atoms with van der Waals surface area (Å²) in [5, 5.41) is 12.8. The summed E-state index contributed by atoms with van der Waals surface area (Å²) in [6.07, 6.45) is 2.20. The molecule has 0 saturated heterocycles. The number of aryl methyl sites for hydroxylation is 1. The third kappa shape index (κ3) is 4.03. The number of rotatable bonds is 7. The molecule has 0 aliphatic rings. The second-order valence-electron chi connectivity index (χ2n) is 4.49. The highest BCUT2D eigenvalue weighted by Gasteiger charge is 2.19. The molecule has 2 N–H and O–H groups in total. The zero-order valence-electron chi connectivity index (χ0n) is 11.2. The highest BCUT2D eigenvalue weighted by atomic mass is 32.1. The van der Waals surface area contributed by atoms with Crippen molar-refractivity contribution in [2.45, 2.75) is 32.2 Å². The maximum atomic E-state index is 11.3. The van der Waals surface area contributed by atoms with E-state index in [-0.39, 0.29) is 0 Å². The van der Waals surface area contributed by atoms with E-state index >= 15 is 0 Å². The maximum absolute atomic E-state index is 11.3. The van der Waals surface area contributed by atoms with Crippen molar-refractivity contribution in [3.8, 4) is 0 Å². The van der Waals surface area contributed by atoms with E-state index in [0.29, 0.717) is 11.6 Å². The molecule has 0 aliphatic heterocycles. The van der Waals surface area contributed by atoms with Crippen LogP contribution in [-0.4, -0.2) is 26.5 Å². The van der Waals surface area contributed by atoms with Crippen molar-refractivity contribution in [1.82, 2.24) is 9.36 Å². The van der Waals surface area contributed by atoms with Gasteiger partial charge in [-0.05, 0) is 12.0 Å². The van der Waals surface area contributed by atoms with Crippen LogP contribution in [0, 0.1) is 0 Å². The zero-order chi connectivity index (χ0) is 14.4. The maximum Gasteiger partial charge on any atom is 0.326 e. The lowest BCUT2D eigenvalue weighted by molar-refractivity contribution is -0.137. The van der Waals surface area contributed by atoms with E-state index in [9.17, 15) is 9.90 Å². The molecule has 2 aromatic rings. The predicted molar refractivity (Wildman–Crippen MR) is 79.1 cm³/mol. The standard InChI is InChI=1S/C14H17N3O2S/c1-2-6-12-16-14(20-17-12)15-11(13(18)19)9-10-7-4-3-5-8-10/h3-5,7-8,11H,2,6,9H2,1H3,(H,18,19)(H,15,16,17)/t11-/m0/s1. The molecular formula is C14H17N3O2S. The van der Waals surface area contributed by atoms with Crippen LogP contribution in [0.2, 0.25) is 0 Å². The van der Waals surface area contributed by atoms with E-state index in [4.69, 9.17) is 0 Å². The molecule has 0 bridgehead atoms. The Bertz CT molecular complexity index is 557. The Morgan fingerprint density at radius 3 is 2.80 bits per heavy atom. The minimum absolute atomic E-state index is 0.416. The van der Waals surface area contributed by atoms with Crippen molar-refractivity contribution in [3.05, 3.63) is 41.7 Å². The van der Waals surface area contributed by atoms with E-state index in [2.05, 4.69) is 21.6 Å². The molecule has 106 valence electrons. The number of aromatic nitrogens is 2. The molecule has 0 saturated carbocycles. The SMILES string of the molecule is CCCc1nsc(N[C@@H](Cc2ccccc2)C(=O)O)n1. The lowest BCUT2D eigenvalue weighted by Gasteiger charge is -2.13. The fraction of sp³-hybridized carbons (Fsp3) is 0.357. The molecule has 1 heterocycles. The normalized spacial score (nSPS) is 12.1. The fourth-order valence-electron chi connectivity index (χ4n) is 1.84. The first-order valence-electron chi connectivity index (χ1n) is 6.55. The number of nitrogens with zero attached hydrogens (tertiary/aromatic N) is 2. The van der Waals surface area contributed by atoms with E-state index in [0.717, 1.165) is 24.2 Å². The number of hydrogen-bond donors (Lipinski definition) is 2. The van der Waals surface area contributed by atoms with Crippen molar-refractivity contribution >= 4 is 22.6 Å². The first-order valence-corrected chi connectivity index (χ1v) is 7.32. The van der Waals surface area contributed by atoms with E-state index in [1.807, 2.05) is 30.3 Å². The van der Waals surface area contributed by atoms with Crippen LogP contribution in [0.25, 0.3) is 0 Å². The average Bonchev–Trinajstić information content (AvgIpc) is 2.87. The van der Waals surface area contributed by atoms with E-state index in [1.165, 1.54) is 11.5 Å². The minimum atomic E-state index is -0.888. The molecule has 0 aliphatic carbocycles. The lowest BCUT2D eigenvalue weighted by Crippen LogP contribution is -2.31. The van der Waals surface area contributed by atoms with Gasteiger partial charge >= 0.3 is 5.97 Å². The number of aliphatic carboxylic acids is 1. The summed E-state index contributed by atoms with van der Waals surface area (Å²) in [6, 6.07) is 8.85. The van der Waals surface area contributed by atoms with Crippen molar-refractivity contribution in [3.63, 3.8) is 0 Å². The summed E-state index contributed by atoms with van der Waals surface area (Å²) in [5.74, 6) is -0.120. The van der Waals surface area contributed by atoms with Gasteiger partial charge in [0.2, 0.25) is 5.13 Å². The number of carbonyl (C=O) groups is 1. The molecule has 1 aromatic carbocycles. The second-order valence-corrected chi connectivity index (χ2v) is 5.24. The predicted octanol–water partition coefficient (Wildman–Crippen LogP) is 2.60. The summed E-state index contributed by atoms with van der Waals surface area (Å²) in [6.45, 7) is 2.06. The highest BCUT2D eigenvalue weighted by molar-refractivity contribution is 7.09. The van der Waals surface area contributed by atoms with Gasteiger partial charge in [-0.3, -0.25) is 0 Å². The van der Waals surface area contributed by atoms with Gasteiger partial charge in [-0.15, -0.1) is 0 Å². The van der Waals surface area contributed by atoms with Crippen LogP contribution in [0.3, 0.4) is 0 Å². The van der Waals surface area contributed by atoms with Crippen LogP contribution in [0.4, 0.5) is 5.13 Å². The third-order valence-corrected chi connectivity index (χ3v) is 3.50. The van der Waals surface area contributed by atoms with Crippen LogP contribution >= 0.6 is 11.5 Å². The Balaban J connectivity index is 2.03. The van der Waals surface area contributed by atoms with Crippen LogP contribution in [-0.2, 0) is 17.6 Å². The molecule has 2 rings (SSSR count). The Morgan fingerprint density at radius 1 is 1.40 bits per heavy atom. The first kappa shape index (κ1) is 14.5. The third-order valence-electron chi connectivity index (χ3n) is 2.82. The van der Waals surface area contributed by atoms with Crippen LogP contribution in [0.5, 0.6) is 0 Å². The molecule has 1 atom stereocenters. The highest BCUT2D eigenvalue weighted by Crippen LogP contribution is 2.15. The molecule has 0 unspecified atom stereocenters. The summed E-state index contributed by atoms with van der Waals surface area (Å²) in [4.78, 5) is 15.6. The lowest BCUT2D eigenvalue weighted by atomic mass is 10.1. The van der Waals surface area contributed by atoms with Gasteiger partial charge < -0.3 is 10.4 Å². The van der Waals surface area contributed by atoms with Gasteiger partial charge in [0.05, 0.1) is 0 Å². The number of anilines is 1. The number of nitrogens with one attached hydrogen (secondary N) is 1. The summed E-state index contributed by atoms with van der Waals surface area (Å²) in [7, 11) is 0. The zero-order valence-corrected chi connectivity index (χ0v) is 12.1. The fourth-order valence-corrected chi connectivity index (χ4v) is 2.50. The molecule has 1 aromatic heterocycles. The van der Waals surface area contributed by atoms with Crippen molar-refractivity contribution in [1.29, 1.82) is 0 Å². The Hall–Kier alpha value is -1.95. The van der Waals surface area contributed by atoms with Crippen molar-refractivity contribution in [2.24, 2.45) is 0 Å². The quantitative estimate of drug-likeness (QED) is 0.820. The molecule has 5 nitrogen and oxygen atoms in total. The topological polar surface area (TPSA) is 75.1 Å². The number of carboxylic acid groups (broad SMARTS) is 1. The van der Waals surface area contributed by atoms with Gasteiger partial charge in [0.15, 0.2) is 0 Å². The molecule has 20 heavy (non-hydrogen) atoms. The minimum Gasteiger partial charge on any atom is -0.480 e. The van der Waals surface area contributed by atoms with E-state index < -0.39 is 12.0 Å². The van der Waals surface area contributed by atoms with Crippen LogP contribution in [0.15, 0.2) is 30.3 Å². The van der Waals surface area contributed by atoms with Gasteiger partial charge in [0.25, 0.3) is 0 Å². The smallest absolute Gasteiger partial charge is 0.326 e. The summed E-state index contributed by atoms with van der Waals surface area (Å²) >= 11 is 1.21. The number of hydrogen-bond acceptors (Lipinski definition) is 5. The summed E-state index contributed by atoms with van der Waals surface area (Å²) in [5.41, 5.74) is 0.977. The Kier molecular flexibility index (Phi) is 5.06. The van der Waals surface area contributed by atoms with Gasteiger partial charge in [-0.25, -0.2) is 9.78 Å². The molecule has 0 spiro atoms. The van der Waals surface area contributed by atoms with Crippen molar-refractivity contribution in [2.75, 3.05) is 5.32 Å². The molecular weight excluding hydrogens is 274 g/mol. The van der Waals surface area contributed by atoms with Gasteiger partial charge in [0, 0.05) is 24.4 Å². The summed E-state index contributed by atoms with van der Waals surface area (Å²) < 4.78 is 4.20. The molecule has 0 fully saturated rings. The Morgan fingerprint density at radius 2 is 2.15 bits per heavy atom. The number of carboxylic acids is 1. The second kappa shape index (κ2) is 7.00. The molecule has 0 radical (unpaired) electrons. The van der Waals surface area contributed by atoms with Crippen LogP contribution in [0.1, 0.15) is 24.7 Å². The van der Waals surface area contributed by atoms with Gasteiger partial charge in [-0.2, -0.15) is 4.37 Å². The van der Waals surface area contributed by atoms with Gasteiger partial charge in [0.1, 0.15) is 11.9 Å². The first-order chi connectivity index (χ1) is 9.69. The molecule has 0 amide bonds. The Labute approximate surface area is 121 Å². The van der Waals surface area contributed by atoms with E-state index in [1.54, 1.807) is 0 Å². The van der Waals surface area contributed by atoms with Crippen molar-refractivity contribution < 1.29 is 9.90 Å².